The summed E-state index contributed by atoms with van der Waals surface area (Å²) in [5, 5.41) is 18.0. The number of benzene rings is 1. The van der Waals surface area contributed by atoms with Crippen LogP contribution in [-0.2, 0) is 4.79 Å². The summed E-state index contributed by atoms with van der Waals surface area (Å²) < 4.78 is 0. The predicted molar refractivity (Wildman–Crippen MR) is 49.5 cm³/mol. The molecule has 0 aliphatic carbocycles. The molecule has 0 radical (unpaired) electrons. The molecule has 0 aliphatic rings. The Kier molecular flexibility index (Phi) is 2.86. The molecule has 0 aromatic heterocycles. The second kappa shape index (κ2) is 3.91. The van der Waals surface area contributed by atoms with Gasteiger partial charge in [0, 0.05) is 0 Å². The van der Waals surface area contributed by atoms with Crippen LogP contribution in [0, 0.1) is 0 Å². The third kappa shape index (κ3) is 1.74. The number of hydrogen-bond acceptors (Lipinski definition) is 3. The van der Waals surface area contributed by atoms with E-state index in [1.54, 1.807) is 0 Å². The van der Waals surface area contributed by atoms with Crippen molar-refractivity contribution in [2.45, 2.75) is 12.8 Å². The Morgan fingerprint density at radius 1 is 1.50 bits per heavy atom. The lowest BCUT2D eigenvalue weighted by atomic mass is 9.96. The van der Waals surface area contributed by atoms with Crippen molar-refractivity contribution in [3.05, 3.63) is 29.3 Å². The van der Waals surface area contributed by atoms with Crippen LogP contribution >= 0.6 is 0 Å². The van der Waals surface area contributed by atoms with E-state index in [1.165, 1.54) is 25.1 Å². The molecular formula is C10H10O4. The molecule has 4 heteroatoms. The lowest BCUT2D eigenvalue weighted by Gasteiger charge is -2.09. The number of carbonyl (C=O) groups excluding carboxylic acids is 1. The van der Waals surface area contributed by atoms with E-state index in [4.69, 9.17) is 5.11 Å². The number of aldehydes is 1. The van der Waals surface area contributed by atoms with Crippen molar-refractivity contribution in [2.75, 3.05) is 0 Å². The summed E-state index contributed by atoms with van der Waals surface area (Å²) in [6, 6.07) is 4.38. The van der Waals surface area contributed by atoms with Crippen LogP contribution in [0.4, 0.5) is 0 Å². The largest absolute Gasteiger partial charge is 0.507 e. The fourth-order valence-corrected chi connectivity index (χ4v) is 1.21. The summed E-state index contributed by atoms with van der Waals surface area (Å²) in [4.78, 5) is 21.3. The van der Waals surface area contributed by atoms with Crippen LogP contribution in [0.1, 0.15) is 28.8 Å². The Morgan fingerprint density at radius 2 is 2.14 bits per heavy atom. The number of carboxylic acid groups (broad SMARTS) is 1. The maximum Gasteiger partial charge on any atom is 0.310 e. The van der Waals surface area contributed by atoms with Crippen molar-refractivity contribution in [3.63, 3.8) is 0 Å². The minimum Gasteiger partial charge on any atom is -0.507 e. The third-order valence-electron chi connectivity index (χ3n) is 2.07. The van der Waals surface area contributed by atoms with Gasteiger partial charge in [-0.25, -0.2) is 0 Å². The minimum absolute atomic E-state index is 0.0439. The van der Waals surface area contributed by atoms with E-state index in [1.807, 2.05) is 0 Å². The first-order valence-electron chi connectivity index (χ1n) is 4.07. The molecule has 1 atom stereocenters. The van der Waals surface area contributed by atoms with E-state index < -0.39 is 11.9 Å². The molecular weight excluding hydrogens is 184 g/mol. The Bertz CT molecular complexity index is 370. The molecule has 0 amide bonds. The van der Waals surface area contributed by atoms with Gasteiger partial charge in [0.05, 0.1) is 11.5 Å². The first-order valence-corrected chi connectivity index (χ1v) is 4.07. The number of carbonyl (C=O) groups is 2. The lowest BCUT2D eigenvalue weighted by Crippen LogP contribution is -2.09. The minimum atomic E-state index is -1.03. The van der Waals surface area contributed by atoms with Gasteiger partial charge in [-0.1, -0.05) is 12.1 Å². The topological polar surface area (TPSA) is 74.6 Å². The summed E-state index contributed by atoms with van der Waals surface area (Å²) in [6.45, 7) is 1.46. The summed E-state index contributed by atoms with van der Waals surface area (Å²) in [6.07, 6.45) is 0.462. The van der Waals surface area contributed by atoms with Crippen molar-refractivity contribution in [1.82, 2.24) is 0 Å². The number of aromatic hydroxyl groups is 1. The molecule has 0 spiro atoms. The van der Waals surface area contributed by atoms with Crippen LogP contribution in [-0.4, -0.2) is 22.5 Å². The van der Waals surface area contributed by atoms with Gasteiger partial charge in [0.2, 0.25) is 0 Å². The van der Waals surface area contributed by atoms with Crippen molar-refractivity contribution >= 4 is 12.3 Å². The van der Waals surface area contributed by atoms with E-state index in [0.717, 1.165) is 0 Å². The van der Waals surface area contributed by atoms with Crippen molar-refractivity contribution in [1.29, 1.82) is 0 Å². The van der Waals surface area contributed by atoms with Crippen molar-refractivity contribution in [2.24, 2.45) is 0 Å². The highest BCUT2D eigenvalue weighted by atomic mass is 16.4. The highest BCUT2D eigenvalue weighted by Gasteiger charge is 2.18. The Hall–Kier alpha value is -1.84. The van der Waals surface area contributed by atoms with Gasteiger partial charge in [0.1, 0.15) is 5.75 Å². The van der Waals surface area contributed by atoms with Crippen molar-refractivity contribution in [3.8, 4) is 5.75 Å². The van der Waals surface area contributed by atoms with E-state index in [2.05, 4.69) is 0 Å². The first kappa shape index (κ1) is 10.2. The van der Waals surface area contributed by atoms with Crippen LogP contribution in [0.2, 0.25) is 0 Å². The van der Waals surface area contributed by atoms with Gasteiger partial charge < -0.3 is 10.2 Å². The van der Waals surface area contributed by atoms with Gasteiger partial charge in [-0.15, -0.1) is 0 Å². The number of carboxylic acids is 1. The van der Waals surface area contributed by atoms with Gasteiger partial charge in [-0.2, -0.15) is 0 Å². The molecule has 0 heterocycles. The predicted octanol–water partition coefficient (Wildman–Crippen LogP) is 1.39. The molecule has 2 N–H and O–H groups in total. The monoisotopic (exact) mass is 194 g/mol. The van der Waals surface area contributed by atoms with Gasteiger partial charge in [0.15, 0.2) is 6.29 Å². The molecule has 1 unspecified atom stereocenters. The lowest BCUT2D eigenvalue weighted by molar-refractivity contribution is -0.138. The second-order valence-corrected chi connectivity index (χ2v) is 2.96. The number of aliphatic carboxylic acids is 1. The fourth-order valence-electron chi connectivity index (χ4n) is 1.21. The van der Waals surface area contributed by atoms with E-state index in [0.29, 0.717) is 11.8 Å². The Labute approximate surface area is 80.8 Å². The number of rotatable bonds is 3. The van der Waals surface area contributed by atoms with Gasteiger partial charge in [0.25, 0.3) is 0 Å². The molecule has 1 aromatic rings. The van der Waals surface area contributed by atoms with Crippen LogP contribution < -0.4 is 0 Å². The highest BCUT2D eigenvalue weighted by Crippen LogP contribution is 2.25. The van der Waals surface area contributed by atoms with Gasteiger partial charge in [-0.3, -0.25) is 9.59 Å². The van der Waals surface area contributed by atoms with Crippen molar-refractivity contribution < 1.29 is 19.8 Å². The smallest absolute Gasteiger partial charge is 0.310 e. The van der Waals surface area contributed by atoms with Gasteiger partial charge in [-0.05, 0) is 18.6 Å². The Balaban J connectivity index is 3.26. The quantitative estimate of drug-likeness (QED) is 0.713. The van der Waals surface area contributed by atoms with E-state index >= 15 is 0 Å². The summed E-state index contributed by atoms with van der Waals surface area (Å²) in [5.74, 6) is -2.02. The molecule has 0 aliphatic heterocycles. The normalized spacial score (nSPS) is 12.1. The van der Waals surface area contributed by atoms with Crippen LogP contribution in [0.15, 0.2) is 18.2 Å². The number of hydrogen-bond donors (Lipinski definition) is 2. The molecule has 0 saturated heterocycles. The van der Waals surface area contributed by atoms with Gasteiger partial charge >= 0.3 is 5.97 Å². The van der Waals surface area contributed by atoms with E-state index in [-0.39, 0.29) is 11.3 Å². The average Bonchev–Trinajstić information content (AvgIpc) is 2.16. The maximum atomic E-state index is 10.7. The number of phenols is 1. The summed E-state index contributed by atoms with van der Waals surface area (Å²) in [5.41, 5.74) is 0.370. The molecule has 74 valence electrons. The fraction of sp³-hybridized carbons (Fsp3) is 0.200. The molecule has 0 bridgehead atoms. The zero-order valence-corrected chi connectivity index (χ0v) is 7.60. The Morgan fingerprint density at radius 3 is 2.64 bits per heavy atom. The third-order valence-corrected chi connectivity index (χ3v) is 2.07. The first-order chi connectivity index (χ1) is 6.57. The zero-order valence-electron chi connectivity index (χ0n) is 7.60. The molecule has 1 rings (SSSR count). The number of phenolic OH excluding ortho intramolecular Hbond substituents is 1. The molecule has 1 aromatic carbocycles. The van der Waals surface area contributed by atoms with Crippen LogP contribution in [0.3, 0.4) is 0 Å². The summed E-state index contributed by atoms with van der Waals surface area (Å²) in [7, 11) is 0. The molecule has 14 heavy (non-hydrogen) atoms. The van der Waals surface area contributed by atoms with E-state index in [9.17, 15) is 14.7 Å². The highest BCUT2D eigenvalue weighted by molar-refractivity contribution is 5.86. The second-order valence-electron chi connectivity index (χ2n) is 2.96. The van der Waals surface area contributed by atoms with Crippen LogP contribution in [0.5, 0.6) is 5.75 Å². The SMILES string of the molecule is CC(C(=O)O)c1cccc(O)c1C=O. The zero-order chi connectivity index (χ0) is 10.7. The molecule has 4 nitrogen and oxygen atoms in total. The molecule has 0 saturated carbocycles. The average molecular weight is 194 g/mol. The van der Waals surface area contributed by atoms with Crippen LogP contribution in [0.25, 0.3) is 0 Å². The maximum absolute atomic E-state index is 10.7. The molecule has 0 fully saturated rings. The summed E-state index contributed by atoms with van der Waals surface area (Å²) >= 11 is 0. The standard InChI is InChI=1S/C10H10O4/c1-6(10(13)14)7-3-2-4-9(12)8(7)5-11/h2-6,12H,1H3,(H,13,14).